The second-order valence-electron chi connectivity index (χ2n) is 6.25. The molecule has 0 aliphatic heterocycles. The summed E-state index contributed by atoms with van der Waals surface area (Å²) in [5.41, 5.74) is 3.13. The largest absolute Gasteiger partial charge is 0.497 e. The molecule has 3 rings (SSSR count). The Balaban J connectivity index is 1.61. The van der Waals surface area contributed by atoms with Gasteiger partial charge in [-0.05, 0) is 36.8 Å². The normalized spacial score (nSPS) is 10.6. The maximum absolute atomic E-state index is 12.2. The van der Waals surface area contributed by atoms with Crippen LogP contribution in [0.3, 0.4) is 0 Å². The molecule has 0 unspecified atom stereocenters. The van der Waals surface area contributed by atoms with E-state index in [2.05, 4.69) is 15.5 Å². The summed E-state index contributed by atoms with van der Waals surface area (Å²) in [6.45, 7) is 2.95. The average Bonchev–Trinajstić information content (AvgIpc) is 3.06. The highest BCUT2D eigenvalue weighted by Gasteiger charge is 2.10. The van der Waals surface area contributed by atoms with Crippen LogP contribution in [-0.4, -0.2) is 27.8 Å². The number of carbonyl (C=O) groups is 1. The van der Waals surface area contributed by atoms with E-state index in [1.54, 1.807) is 7.11 Å². The first kappa shape index (κ1) is 18.8. The summed E-state index contributed by atoms with van der Waals surface area (Å²) in [6.07, 6.45) is 0.316. The molecule has 0 fully saturated rings. The molecule has 0 spiro atoms. The molecule has 1 heterocycles. The van der Waals surface area contributed by atoms with E-state index in [1.807, 2.05) is 60.0 Å². The van der Waals surface area contributed by atoms with Gasteiger partial charge < -0.3 is 10.1 Å². The van der Waals surface area contributed by atoms with Crippen LogP contribution < -0.4 is 10.1 Å². The molecule has 0 bridgehead atoms. The van der Waals surface area contributed by atoms with E-state index in [9.17, 15) is 4.79 Å². The van der Waals surface area contributed by atoms with E-state index in [0.29, 0.717) is 24.3 Å². The molecule has 6 nitrogen and oxygen atoms in total. The van der Waals surface area contributed by atoms with Gasteiger partial charge in [-0.3, -0.25) is 14.5 Å². The van der Waals surface area contributed by atoms with Crippen molar-refractivity contribution in [3.05, 3.63) is 64.4 Å². The van der Waals surface area contributed by atoms with Crippen molar-refractivity contribution in [2.24, 2.45) is 0 Å². The first-order valence-corrected chi connectivity index (χ1v) is 9.09. The Kier molecular flexibility index (Phi) is 6.03. The number of methoxy groups -OCH3 is 1. The number of aromatic nitrogens is 3. The number of hydrogen-bond donors (Lipinski definition) is 2. The van der Waals surface area contributed by atoms with Gasteiger partial charge in [0.2, 0.25) is 5.91 Å². The fourth-order valence-electron chi connectivity index (χ4n) is 2.73. The third-order valence-corrected chi connectivity index (χ3v) is 4.57. The Bertz CT molecular complexity index is 976. The molecule has 140 valence electrons. The zero-order valence-electron chi connectivity index (χ0n) is 15.4. The lowest BCUT2D eigenvalue weighted by Crippen LogP contribution is -2.24. The van der Waals surface area contributed by atoms with Gasteiger partial charge in [0.25, 0.3) is 0 Å². The SMILES string of the molecule is COc1cccc(CNC(=O)CCn2c(-c3ccc(C)cc3)n[nH]c2=S)c1. The fourth-order valence-corrected chi connectivity index (χ4v) is 2.96. The minimum absolute atomic E-state index is 0.0456. The minimum Gasteiger partial charge on any atom is -0.497 e. The molecule has 0 saturated carbocycles. The number of H-pyrrole nitrogens is 1. The quantitative estimate of drug-likeness (QED) is 0.612. The first-order chi connectivity index (χ1) is 13.1. The molecular weight excluding hydrogens is 360 g/mol. The van der Waals surface area contributed by atoms with E-state index in [1.165, 1.54) is 5.56 Å². The molecule has 2 N–H and O–H groups in total. The Morgan fingerprint density at radius 2 is 2.04 bits per heavy atom. The van der Waals surface area contributed by atoms with Gasteiger partial charge in [-0.25, -0.2) is 0 Å². The van der Waals surface area contributed by atoms with Crippen molar-refractivity contribution in [3.8, 4) is 17.1 Å². The number of ether oxygens (including phenoxy) is 1. The number of aromatic amines is 1. The van der Waals surface area contributed by atoms with Crippen molar-refractivity contribution in [2.45, 2.75) is 26.4 Å². The second kappa shape index (κ2) is 8.64. The zero-order valence-corrected chi connectivity index (χ0v) is 16.2. The highest BCUT2D eigenvalue weighted by atomic mass is 32.1. The van der Waals surface area contributed by atoms with Gasteiger partial charge in [-0.2, -0.15) is 5.10 Å². The highest BCUT2D eigenvalue weighted by Crippen LogP contribution is 2.18. The third-order valence-electron chi connectivity index (χ3n) is 4.25. The molecule has 7 heteroatoms. The van der Waals surface area contributed by atoms with Crippen LogP contribution in [0, 0.1) is 11.7 Å². The van der Waals surface area contributed by atoms with Gasteiger partial charge in [0.1, 0.15) is 5.75 Å². The van der Waals surface area contributed by atoms with Crippen LogP contribution in [0.2, 0.25) is 0 Å². The molecule has 0 atom stereocenters. The average molecular weight is 382 g/mol. The lowest BCUT2D eigenvalue weighted by molar-refractivity contribution is -0.121. The number of amides is 1. The number of aryl methyl sites for hydroxylation is 1. The number of hydrogen-bond acceptors (Lipinski definition) is 4. The minimum atomic E-state index is -0.0456. The lowest BCUT2D eigenvalue weighted by Gasteiger charge is -2.09. The van der Waals surface area contributed by atoms with E-state index in [0.717, 1.165) is 22.7 Å². The summed E-state index contributed by atoms with van der Waals surface area (Å²) in [7, 11) is 1.62. The van der Waals surface area contributed by atoms with E-state index in [-0.39, 0.29) is 5.91 Å². The topological polar surface area (TPSA) is 71.9 Å². The van der Waals surface area contributed by atoms with E-state index < -0.39 is 0 Å². The van der Waals surface area contributed by atoms with E-state index >= 15 is 0 Å². The molecule has 0 radical (unpaired) electrons. The molecular formula is C20H22N4O2S. The van der Waals surface area contributed by atoms with Crippen molar-refractivity contribution >= 4 is 18.1 Å². The van der Waals surface area contributed by atoms with Gasteiger partial charge in [-0.15, -0.1) is 0 Å². The molecule has 0 aliphatic carbocycles. The summed E-state index contributed by atoms with van der Waals surface area (Å²) in [4.78, 5) is 12.2. The van der Waals surface area contributed by atoms with Crippen molar-refractivity contribution < 1.29 is 9.53 Å². The second-order valence-corrected chi connectivity index (χ2v) is 6.63. The van der Waals surface area contributed by atoms with Gasteiger partial charge >= 0.3 is 0 Å². The van der Waals surface area contributed by atoms with Crippen molar-refractivity contribution in [2.75, 3.05) is 7.11 Å². The summed E-state index contributed by atoms with van der Waals surface area (Å²) in [5, 5.41) is 10.0. The predicted molar refractivity (Wildman–Crippen MR) is 107 cm³/mol. The summed E-state index contributed by atoms with van der Waals surface area (Å²) >= 11 is 5.32. The zero-order chi connectivity index (χ0) is 19.2. The molecule has 1 amide bonds. The Labute approximate surface area is 163 Å². The number of carbonyl (C=O) groups excluding carboxylic acids is 1. The number of benzene rings is 2. The van der Waals surface area contributed by atoms with Crippen LogP contribution in [0.5, 0.6) is 5.75 Å². The van der Waals surface area contributed by atoms with Crippen molar-refractivity contribution in [1.82, 2.24) is 20.1 Å². The highest BCUT2D eigenvalue weighted by molar-refractivity contribution is 7.71. The van der Waals surface area contributed by atoms with Crippen molar-refractivity contribution in [1.29, 1.82) is 0 Å². The maximum Gasteiger partial charge on any atom is 0.222 e. The molecule has 2 aromatic carbocycles. The van der Waals surface area contributed by atoms with Gasteiger partial charge in [-0.1, -0.05) is 42.0 Å². The Hall–Kier alpha value is -2.93. The maximum atomic E-state index is 12.2. The van der Waals surface area contributed by atoms with E-state index in [4.69, 9.17) is 17.0 Å². The van der Waals surface area contributed by atoms with Crippen LogP contribution in [-0.2, 0) is 17.9 Å². The molecule has 3 aromatic rings. The first-order valence-electron chi connectivity index (χ1n) is 8.68. The summed E-state index contributed by atoms with van der Waals surface area (Å²) < 4.78 is 7.55. The fraction of sp³-hybridized carbons (Fsp3) is 0.250. The number of nitrogens with zero attached hydrogens (tertiary/aromatic N) is 2. The van der Waals surface area contributed by atoms with Gasteiger partial charge in [0.05, 0.1) is 7.11 Å². The molecule has 27 heavy (non-hydrogen) atoms. The number of rotatable bonds is 7. The van der Waals surface area contributed by atoms with Crippen LogP contribution in [0.25, 0.3) is 11.4 Å². The smallest absolute Gasteiger partial charge is 0.222 e. The van der Waals surface area contributed by atoms with Gasteiger partial charge in [0.15, 0.2) is 10.6 Å². The summed E-state index contributed by atoms with van der Waals surface area (Å²) in [6, 6.07) is 15.7. The predicted octanol–water partition coefficient (Wildman–Crippen LogP) is 3.63. The van der Waals surface area contributed by atoms with Crippen LogP contribution in [0.4, 0.5) is 0 Å². The molecule has 0 saturated heterocycles. The monoisotopic (exact) mass is 382 g/mol. The lowest BCUT2D eigenvalue weighted by atomic mass is 10.1. The Morgan fingerprint density at radius 1 is 1.26 bits per heavy atom. The molecule has 0 aliphatic rings. The van der Waals surface area contributed by atoms with Crippen molar-refractivity contribution in [3.63, 3.8) is 0 Å². The summed E-state index contributed by atoms with van der Waals surface area (Å²) in [5.74, 6) is 1.46. The Morgan fingerprint density at radius 3 is 2.78 bits per heavy atom. The molecule has 1 aromatic heterocycles. The van der Waals surface area contributed by atoms with Gasteiger partial charge in [0, 0.05) is 25.1 Å². The third kappa shape index (κ3) is 4.83. The standard InChI is InChI=1S/C20H22N4O2S/c1-14-6-8-16(9-7-14)19-22-23-20(27)24(19)11-10-18(25)21-13-15-4-3-5-17(12-15)26-2/h3-9,12H,10-11,13H2,1-2H3,(H,21,25)(H,23,27). The number of nitrogens with one attached hydrogen (secondary N) is 2. The van der Waals surface area contributed by atoms with Crippen LogP contribution in [0.1, 0.15) is 17.5 Å². The van der Waals surface area contributed by atoms with Crippen LogP contribution in [0.15, 0.2) is 48.5 Å². The van der Waals surface area contributed by atoms with Crippen LogP contribution >= 0.6 is 12.2 Å².